The van der Waals surface area contributed by atoms with Crippen molar-refractivity contribution in [2.24, 2.45) is 5.92 Å². The molecule has 0 saturated heterocycles. The predicted octanol–water partition coefficient (Wildman–Crippen LogP) is 5.73. The summed E-state index contributed by atoms with van der Waals surface area (Å²) in [4.78, 5) is 28.9. The fourth-order valence-electron chi connectivity index (χ4n) is 4.47. The van der Waals surface area contributed by atoms with Crippen LogP contribution < -0.4 is 9.62 Å². The van der Waals surface area contributed by atoms with Gasteiger partial charge in [-0.15, -0.1) is 0 Å². The highest BCUT2D eigenvalue weighted by molar-refractivity contribution is 7.92. The minimum absolute atomic E-state index is 0.0538. The quantitative estimate of drug-likeness (QED) is 0.295. The van der Waals surface area contributed by atoms with Gasteiger partial charge in [-0.2, -0.15) is 0 Å². The summed E-state index contributed by atoms with van der Waals surface area (Å²) in [6.45, 7) is 9.57. The number of sulfonamides is 1. The summed E-state index contributed by atoms with van der Waals surface area (Å²) in [6, 6.07) is 19.7. The Morgan fingerprint density at radius 1 is 0.950 bits per heavy atom. The maximum absolute atomic E-state index is 14.1. The number of amides is 2. The lowest BCUT2D eigenvalue weighted by Gasteiger charge is -2.34. The minimum Gasteiger partial charge on any atom is -0.354 e. The molecule has 0 spiro atoms. The molecule has 0 radical (unpaired) electrons. The van der Waals surface area contributed by atoms with Gasteiger partial charge in [0.2, 0.25) is 11.8 Å². The van der Waals surface area contributed by atoms with Gasteiger partial charge < -0.3 is 10.2 Å². The van der Waals surface area contributed by atoms with Crippen LogP contribution in [0.1, 0.15) is 43.9 Å². The summed E-state index contributed by atoms with van der Waals surface area (Å²) >= 11 is 6.45. The first kappa shape index (κ1) is 31.2. The van der Waals surface area contributed by atoms with Gasteiger partial charge in [-0.3, -0.25) is 13.9 Å². The molecule has 3 aromatic rings. The summed E-state index contributed by atoms with van der Waals surface area (Å²) in [5, 5.41) is 3.39. The van der Waals surface area contributed by atoms with Crippen LogP contribution in [0, 0.1) is 19.8 Å². The third kappa shape index (κ3) is 7.64. The average Bonchev–Trinajstić information content (AvgIpc) is 2.92. The zero-order valence-electron chi connectivity index (χ0n) is 23.7. The molecule has 0 heterocycles. The van der Waals surface area contributed by atoms with Crippen molar-refractivity contribution in [2.45, 2.75) is 58.5 Å². The molecule has 2 amide bonds. The molecule has 3 rings (SSSR count). The molecule has 9 heteroatoms. The van der Waals surface area contributed by atoms with E-state index in [1.807, 2.05) is 52.8 Å². The third-order valence-corrected chi connectivity index (χ3v) is 8.74. The number of carbonyl (C=O) groups excluding carboxylic acids is 2. The van der Waals surface area contributed by atoms with Crippen molar-refractivity contribution in [1.29, 1.82) is 0 Å². The van der Waals surface area contributed by atoms with E-state index < -0.39 is 28.5 Å². The number of rotatable bonds is 12. The van der Waals surface area contributed by atoms with Gasteiger partial charge in [-0.25, -0.2) is 8.42 Å². The van der Waals surface area contributed by atoms with Gasteiger partial charge in [0.15, 0.2) is 0 Å². The molecule has 0 fully saturated rings. The zero-order valence-corrected chi connectivity index (χ0v) is 25.3. The van der Waals surface area contributed by atoms with E-state index in [0.29, 0.717) is 34.8 Å². The molecule has 0 aliphatic carbocycles. The van der Waals surface area contributed by atoms with Crippen LogP contribution in [-0.2, 0) is 26.2 Å². The predicted molar refractivity (Wildman–Crippen MR) is 161 cm³/mol. The van der Waals surface area contributed by atoms with E-state index in [4.69, 9.17) is 11.6 Å². The van der Waals surface area contributed by atoms with Gasteiger partial charge in [0.05, 0.1) is 10.6 Å². The van der Waals surface area contributed by atoms with Gasteiger partial charge in [0.1, 0.15) is 12.6 Å². The van der Waals surface area contributed by atoms with E-state index in [9.17, 15) is 18.0 Å². The van der Waals surface area contributed by atoms with Crippen molar-refractivity contribution in [1.82, 2.24) is 10.2 Å². The van der Waals surface area contributed by atoms with Gasteiger partial charge in [-0.1, -0.05) is 86.5 Å². The Hall–Kier alpha value is -3.36. The largest absolute Gasteiger partial charge is 0.354 e. The van der Waals surface area contributed by atoms with Crippen LogP contribution in [0.5, 0.6) is 0 Å². The average molecular weight is 584 g/mol. The number of benzene rings is 3. The lowest BCUT2D eigenvalue weighted by Crippen LogP contribution is -2.52. The van der Waals surface area contributed by atoms with Crippen LogP contribution in [0.3, 0.4) is 0 Å². The van der Waals surface area contributed by atoms with E-state index in [2.05, 4.69) is 5.32 Å². The summed E-state index contributed by atoms with van der Waals surface area (Å²) < 4.78 is 29.0. The van der Waals surface area contributed by atoms with Crippen LogP contribution in [-0.4, -0.2) is 44.3 Å². The maximum atomic E-state index is 14.1. The molecule has 3 aromatic carbocycles. The Morgan fingerprint density at radius 3 is 2.20 bits per heavy atom. The molecule has 40 heavy (non-hydrogen) atoms. The monoisotopic (exact) mass is 583 g/mol. The fourth-order valence-corrected chi connectivity index (χ4v) is 6.17. The van der Waals surface area contributed by atoms with Gasteiger partial charge in [-0.05, 0) is 61.6 Å². The summed E-state index contributed by atoms with van der Waals surface area (Å²) in [6.07, 6.45) is 0.342. The van der Waals surface area contributed by atoms with Crippen LogP contribution in [0.25, 0.3) is 0 Å². The van der Waals surface area contributed by atoms with Crippen molar-refractivity contribution in [3.8, 4) is 0 Å². The Kier molecular flexibility index (Phi) is 10.8. The van der Waals surface area contributed by atoms with Crippen molar-refractivity contribution >= 4 is 39.1 Å². The number of aryl methyl sites for hydroxylation is 2. The molecule has 0 saturated carbocycles. The Balaban J connectivity index is 2.08. The van der Waals surface area contributed by atoms with Crippen LogP contribution in [0.4, 0.5) is 5.69 Å². The number of nitrogens with one attached hydrogen (secondary N) is 1. The number of nitrogens with zero attached hydrogens (tertiary/aromatic N) is 2. The highest BCUT2D eigenvalue weighted by Crippen LogP contribution is 2.28. The van der Waals surface area contributed by atoms with E-state index in [1.54, 1.807) is 42.5 Å². The van der Waals surface area contributed by atoms with Gasteiger partial charge in [0.25, 0.3) is 10.0 Å². The molecule has 0 aliphatic heterocycles. The van der Waals surface area contributed by atoms with E-state index in [-0.39, 0.29) is 23.3 Å². The number of hydrogen-bond acceptors (Lipinski definition) is 4. The second kappa shape index (κ2) is 13.8. The van der Waals surface area contributed by atoms with Crippen LogP contribution in [0.15, 0.2) is 77.7 Å². The lowest BCUT2D eigenvalue weighted by molar-refractivity contribution is -0.140. The molecule has 1 unspecified atom stereocenters. The van der Waals surface area contributed by atoms with E-state index in [0.717, 1.165) is 9.87 Å². The van der Waals surface area contributed by atoms with Gasteiger partial charge in [0, 0.05) is 18.1 Å². The van der Waals surface area contributed by atoms with Crippen LogP contribution >= 0.6 is 11.6 Å². The van der Waals surface area contributed by atoms with E-state index >= 15 is 0 Å². The summed E-state index contributed by atoms with van der Waals surface area (Å²) in [7, 11) is -4.11. The highest BCUT2D eigenvalue weighted by Gasteiger charge is 2.34. The third-order valence-electron chi connectivity index (χ3n) is 6.60. The fraction of sp³-hybridized carbons (Fsp3) is 0.355. The first-order valence-electron chi connectivity index (χ1n) is 13.4. The van der Waals surface area contributed by atoms with Gasteiger partial charge >= 0.3 is 0 Å². The number of carbonyl (C=O) groups is 2. The highest BCUT2D eigenvalue weighted by atomic mass is 35.5. The Labute approximate surface area is 243 Å². The Bertz CT molecular complexity index is 1430. The maximum Gasteiger partial charge on any atom is 0.264 e. The number of anilines is 1. The minimum atomic E-state index is -4.11. The van der Waals surface area contributed by atoms with E-state index in [1.165, 1.54) is 17.0 Å². The number of hydrogen-bond donors (Lipinski definition) is 1. The number of halogens is 1. The standard InChI is InChI=1S/C31H38ClN3O4S/c1-6-28(31(37)33-19-22(2)3)34(20-25-12-10-11-15-27(25)32)30(36)21-35(29-17-16-23(4)18-24(29)5)40(38,39)26-13-8-7-9-14-26/h7-18,22,28H,6,19-21H2,1-5H3,(H,33,37). The smallest absolute Gasteiger partial charge is 0.264 e. The molecule has 0 aliphatic rings. The molecule has 1 atom stereocenters. The summed E-state index contributed by atoms with van der Waals surface area (Å²) in [5.41, 5.74) is 2.75. The molecule has 214 valence electrons. The van der Waals surface area contributed by atoms with Crippen molar-refractivity contribution < 1.29 is 18.0 Å². The first-order valence-corrected chi connectivity index (χ1v) is 15.2. The SMILES string of the molecule is CCC(C(=O)NCC(C)C)N(Cc1ccccc1Cl)C(=O)CN(c1ccc(C)cc1C)S(=O)(=O)c1ccccc1. The molecular weight excluding hydrogens is 546 g/mol. The molecule has 0 bridgehead atoms. The zero-order chi connectivity index (χ0) is 29.4. The molecule has 1 N–H and O–H groups in total. The normalized spacial score (nSPS) is 12.2. The van der Waals surface area contributed by atoms with Crippen LogP contribution in [0.2, 0.25) is 5.02 Å². The lowest BCUT2D eigenvalue weighted by atomic mass is 10.1. The van der Waals surface area contributed by atoms with Crippen molar-refractivity contribution in [3.63, 3.8) is 0 Å². The van der Waals surface area contributed by atoms with Crippen molar-refractivity contribution in [3.05, 3.63) is 94.5 Å². The first-order chi connectivity index (χ1) is 18.9. The molecule has 7 nitrogen and oxygen atoms in total. The topological polar surface area (TPSA) is 86.8 Å². The second-order valence-electron chi connectivity index (χ2n) is 10.3. The molecular formula is C31H38ClN3O4S. The Morgan fingerprint density at radius 2 is 1.60 bits per heavy atom. The summed E-state index contributed by atoms with van der Waals surface area (Å²) in [5.74, 6) is -0.572. The second-order valence-corrected chi connectivity index (χ2v) is 12.6. The molecule has 0 aromatic heterocycles. The van der Waals surface area contributed by atoms with Crippen molar-refractivity contribution in [2.75, 3.05) is 17.4 Å².